The molecule has 0 spiro atoms. The fourth-order valence-corrected chi connectivity index (χ4v) is 2.56. The summed E-state index contributed by atoms with van der Waals surface area (Å²) >= 11 is 2.86. The zero-order valence-electron chi connectivity index (χ0n) is 12.0. The number of benzene rings is 1. The van der Waals surface area contributed by atoms with Crippen LogP contribution in [0, 0.1) is 0 Å². The van der Waals surface area contributed by atoms with Crippen molar-refractivity contribution in [3.8, 4) is 0 Å². The van der Waals surface area contributed by atoms with Gasteiger partial charge in [0.1, 0.15) is 0 Å². The van der Waals surface area contributed by atoms with Gasteiger partial charge in [-0.05, 0) is 18.2 Å². The number of nitrogens with one attached hydrogen (secondary N) is 2. The van der Waals surface area contributed by atoms with Crippen LogP contribution in [0.25, 0.3) is 0 Å². The van der Waals surface area contributed by atoms with E-state index in [0.29, 0.717) is 0 Å². The normalized spacial score (nSPS) is 15.3. The van der Waals surface area contributed by atoms with Gasteiger partial charge in [0.15, 0.2) is 0 Å². The van der Waals surface area contributed by atoms with Gasteiger partial charge in [-0.15, -0.1) is 24.8 Å². The third kappa shape index (κ3) is 6.84. The van der Waals surface area contributed by atoms with Crippen molar-refractivity contribution in [3.63, 3.8) is 0 Å². The largest absolute Gasteiger partial charge is 0.417 e. The number of anilines is 1. The Morgan fingerprint density at radius 1 is 1.26 bits per heavy atom. The Kier molecular flexibility index (Phi) is 9.46. The summed E-state index contributed by atoms with van der Waals surface area (Å²) in [4.78, 5) is 13.8. The Morgan fingerprint density at radius 2 is 1.87 bits per heavy atom. The minimum Gasteiger partial charge on any atom is -0.325 e. The Morgan fingerprint density at radius 3 is 2.43 bits per heavy atom. The van der Waals surface area contributed by atoms with Gasteiger partial charge in [0.2, 0.25) is 5.91 Å². The van der Waals surface area contributed by atoms with Crippen molar-refractivity contribution in [3.05, 3.63) is 28.2 Å². The average molecular weight is 439 g/mol. The summed E-state index contributed by atoms with van der Waals surface area (Å²) in [6, 6.07) is 3.65. The van der Waals surface area contributed by atoms with Crippen molar-refractivity contribution in [2.45, 2.75) is 6.18 Å². The van der Waals surface area contributed by atoms with Gasteiger partial charge in [0, 0.05) is 36.3 Å². The number of carbonyl (C=O) groups is 1. The summed E-state index contributed by atoms with van der Waals surface area (Å²) in [6.45, 7) is 3.30. The second kappa shape index (κ2) is 9.68. The molecule has 0 bridgehead atoms. The van der Waals surface area contributed by atoms with E-state index in [1.54, 1.807) is 0 Å². The lowest BCUT2D eigenvalue weighted by Crippen LogP contribution is -2.46. The van der Waals surface area contributed by atoms with Crippen LogP contribution < -0.4 is 10.6 Å². The third-order valence-electron chi connectivity index (χ3n) is 3.13. The number of nitrogens with zero attached hydrogens (tertiary/aromatic N) is 1. The van der Waals surface area contributed by atoms with Crippen molar-refractivity contribution < 1.29 is 18.0 Å². The highest BCUT2D eigenvalue weighted by atomic mass is 79.9. The number of alkyl halides is 3. The molecule has 1 heterocycles. The summed E-state index contributed by atoms with van der Waals surface area (Å²) in [5, 5.41) is 5.67. The van der Waals surface area contributed by atoms with Crippen LogP contribution in [0.1, 0.15) is 5.56 Å². The highest BCUT2D eigenvalue weighted by Gasteiger charge is 2.33. The van der Waals surface area contributed by atoms with E-state index in [1.165, 1.54) is 12.1 Å². The number of hydrogen-bond acceptors (Lipinski definition) is 3. The molecule has 2 rings (SSSR count). The smallest absolute Gasteiger partial charge is 0.325 e. The fraction of sp³-hybridized carbons (Fsp3) is 0.462. The van der Waals surface area contributed by atoms with E-state index in [-0.39, 0.29) is 47.4 Å². The first-order valence-corrected chi connectivity index (χ1v) is 7.25. The van der Waals surface area contributed by atoms with Crippen LogP contribution in [0.3, 0.4) is 0 Å². The molecule has 10 heteroatoms. The minimum atomic E-state index is -4.46. The summed E-state index contributed by atoms with van der Waals surface area (Å²) < 4.78 is 38.3. The Hall–Kier alpha value is -0.540. The van der Waals surface area contributed by atoms with Crippen molar-refractivity contribution in [2.24, 2.45) is 0 Å². The summed E-state index contributed by atoms with van der Waals surface area (Å²) in [6.07, 6.45) is -4.46. The first-order valence-electron chi connectivity index (χ1n) is 6.46. The third-order valence-corrected chi connectivity index (χ3v) is 3.82. The molecule has 1 aromatic rings. The molecular weight excluding hydrogens is 422 g/mol. The number of rotatable bonds is 3. The van der Waals surface area contributed by atoms with Gasteiger partial charge >= 0.3 is 6.18 Å². The highest BCUT2D eigenvalue weighted by Crippen LogP contribution is 2.36. The number of hydrogen-bond donors (Lipinski definition) is 2. The molecule has 23 heavy (non-hydrogen) atoms. The maximum atomic E-state index is 12.8. The van der Waals surface area contributed by atoms with E-state index in [0.717, 1.165) is 32.2 Å². The molecule has 1 aromatic carbocycles. The van der Waals surface area contributed by atoms with Crippen molar-refractivity contribution in [1.29, 1.82) is 0 Å². The predicted octanol–water partition coefficient (Wildman–Crippen LogP) is 3.16. The molecule has 0 aliphatic carbocycles. The number of halogens is 6. The Bertz CT molecular complexity index is 526. The molecule has 0 unspecified atom stereocenters. The molecule has 1 saturated heterocycles. The van der Waals surface area contributed by atoms with Crippen molar-refractivity contribution in [1.82, 2.24) is 10.2 Å². The lowest BCUT2D eigenvalue weighted by atomic mass is 10.2. The van der Waals surface area contributed by atoms with E-state index in [2.05, 4.69) is 26.6 Å². The summed E-state index contributed by atoms with van der Waals surface area (Å²) in [5.74, 6) is -0.313. The first-order chi connectivity index (χ1) is 9.86. The molecule has 4 nitrogen and oxygen atoms in total. The zero-order valence-corrected chi connectivity index (χ0v) is 15.2. The number of amides is 1. The second-order valence-electron chi connectivity index (χ2n) is 4.77. The standard InChI is InChI=1S/C13H15BrF3N3O.2ClH/c14-11-2-1-9(7-10(11)13(15,16)17)19-12(21)8-20-5-3-18-4-6-20;;/h1-2,7,18H,3-6,8H2,(H,19,21);2*1H. The summed E-state index contributed by atoms with van der Waals surface area (Å²) in [7, 11) is 0. The molecule has 132 valence electrons. The SMILES string of the molecule is Cl.Cl.O=C(CN1CCNCC1)Nc1ccc(Br)c(C(F)(F)F)c1. The van der Waals surface area contributed by atoms with Gasteiger partial charge in [-0.2, -0.15) is 13.2 Å². The van der Waals surface area contributed by atoms with Crippen LogP contribution in [0.4, 0.5) is 18.9 Å². The van der Waals surface area contributed by atoms with Gasteiger partial charge < -0.3 is 10.6 Å². The number of piperazine rings is 1. The monoisotopic (exact) mass is 437 g/mol. The molecule has 0 radical (unpaired) electrons. The predicted molar refractivity (Wildman–Crippen MR) is 91.6 cm³/mol. The van der Waals surface area contributed by atoms with Gasteiger partial charge in [-0.3, -0.25) is 9.69 Å². The first kappa shape index (κ1) is 22.5. The molecule has 0 atom stereocenters. The van der Waals surface area contributed by atoms with E-state index >= 15 is 0 Å². The van der Waals surface area contributed by atoms with Crippen molar-refractivity contribution >= 4 is 52.3 Å². The van der Waals surface area contributed by atoms with Crippen LogP contribution in [0.15, 0.2) is 22.7 Å². The maximum absolute atomic E-state index is 12.8. The lowest BCUT2D eigenvalue weighted by Gasteiger charge is -2.26. The topological polar surface area (TPSA) is 44.4 Å². The van der Waals surface area contributed by atoms with E-state index < -0.39 is 11.7 Å². The molecular formula is C13H17BrCl2F3N3O. The molecule has 1 aliphatic heterocycles. The quantitative estimate of drug-likeness (QED) is 0.761. The van der Waals surface area contributed by atoms with Crippen LogP contribution in [-0.4, -0.2) is 43.5 Å². The van der Waals surface area contributed by atoms with Gasteiger partial charge in [-0.1, -0.05) is 15.9 Å². The van der Waals surface area contributed by atoms with E-state index in [9.17, 15) is 18.0 Å². The molecule has 1 amide bonds. The van der Waals surface area contributed by atoms with Crippen LogP contribution in [0.2, 0.25) is 0 Å². The molecule has 0 aromatic heterocycles. The maximum Gasteiger partial charge on any atom is 0.417 e. The van der Waals surface area contributed by atoms with Gasteiger partial charge in [0.25, 0.3) is 0 Å². The van der Waals surface area contributed by atoms with Gasteiger partial charge in [0.05, 0.1) is 12.1 Å². The minimum absolute atomic E-state index is 0. The molecule has 0 saturated carbocycles. The highest BCUT2D eigenvalue weighted by molar-refractivity contribution is 9.10. The van der Waals surface area contributed by atoms with E-state index in [4.69, 9.17) is 0 Å². The Balaban J connectivity index is 0.00000242. The Labute approximate surface area is 153 Å². The van der Waals surface area contributed by atoms with Crippen LogP contribution in [0.5, 0.6) is 0 Å². The average Bonchev–Trinajstić information content (AvgIpc) is 2.41. The van der Waals surface area contributed by atoms with Gasteiger partial charge in [-0.25, -0.2) is 0 Å². The van der Waals surface area contributed by atoms with Crippen LogP contribution >= 0.6 is 40.7 Å². The van der Waals surface area contributed by atoms with E-state index in [1.807, 2.05) is 4.90 Å². The molecule has 1 aliphatic rings. The van der Waals surface area contributed by atoms with Crippen molar-refractivity contribution in [2.75, 3.05) is 38.0 Å². The van der Waals surface area contributed by atoms with Crippen LogP contribution in [-0.2, 0) is 11.0 Å². The molecule has 1 fully saturated rings. The number of carbonyl (C=O) groups excluding carboxylic acids is 1. The molecule has 2 N–H and O–H groups in total. The zero-order chi connectivity index (χ0) is 15.5. The second-order valence-corrected chi connectivity index (χ2v) is 5.62. The fourth-order valence-electron chi connectivity index (χ4n) is 2.09. The lowest BCUT2D eigenvalue weighted by molar-refractivity contribution is -0.138. The summed E-state index contributed by atoms with van der Waals surface area (Å²) in [5.41, 5.74) is -0.659.